The number of aryl methyl sites for hydroxylation is 2. The molecule has 8 nitrogen and oxygen atoms in total. The highest BCUT2D eigenvalue weighted by Gasteiger charge is 2.12. The van der Waals surface area contributed by atoms with Crippen LogP contribution in [-0.4, -0.2) is 22.7 Å². The molecule has 0 radical (unpaired) electrons. The fourth-order valence-corrected chi connectivity index (χ4v) is 2.68. The van der Waals surface area contributed by atoms with Crippen LogP contribution in [0.3, 0.4) is 0 Å². The van der Waals surface area contributed by atoms with Crippen molar-refractivity contribution in [3.05, 3.63) is 57.0 Å². The van der Waals surface area contributed by atoms with Gasteiger partial charge in [0.05, 0.1) is 0 Å². The first kappa shape index (κ1) is 19.9. The maximum absolute atomic E-state index is 12.5. The standard InChI is InChI=1S/C19H22N4O4/c1-10-5-11(2)21-19(27)17(10)9-20-18(26)14-6-15(22-12(3)24)8-16(7-14)23-13(4)25/h5-8H,9H2,1-4H3,(H,20,26)(H,21,27)(H,22,24)(H,23,25). The molecule has 3 amide bonds. The number of anilines is 2. The van der Waals surface area contributed by atoms with E-state index in [0.717, 1.165) is 11.3 Å². The molecule has 1 aromatic heterocycles. The Hall–Kier alpha value is -3.42. The molecule has 0 unspecified atom stereocenters. The monoisotopic (exact) mass is 370 g/mol. The number of hydrogen-bond donors (Lipinski definition) is 4. The number of carbonyl (C=O) groups excluding carboxylic acids is 3. The maximum Gasteiger partial charge on any atom is 0.253 e. The Morgan fingerprint density at radius 1 is 0.926 bits per heavy atom. The smallest absolute Gasteiger partial charge is 0.253 e. The average Bonchev–Trinajstić information content (AvgIpc) is 2.51. The summed E-state index contributed by atoms with van der Waals surface area (Å²) in [6.45, 7) is 6.33. The lowest BCUT2D eigenvalue weighted by Crippen LogP contribution is -2.28. The fraction of sp³-hybridized carbons (Fsp3) is 0.263. The molecule has 8 heteroatoms. The van der Waals surface area contributed by atoms with Crippen LogP contribution in [0.5, 0.6) is 0 Å². The Morgan fingerprint density at radius 3 is 1.96 bits per heavy atom. The van der Waals surface area contributed by atoms with Gasteiger partial charge in [-0.1, -0.05) is 0 Å². The molecule has 0 atom stereocenters. The number of amides is 3. The lowest BCUT2D eigenvalue weighted by atomic mass is 10.1. The van der Waals surface area contributed by atoms with Crippen molar-refractivity contribution >= 4 is 29.1 Å². The number of pyridine rings is 1. The van der Waals surface area contributed by atoms with Crippen molar-refractivity contribution in [2.75, 3.05) is 10.6 Å². The molecule has 2 rings (SSSR count). The van der Waals surface area contributed by atoms with Crippen LogP contribution in [0.4, 0.5) is 11.4 Å². The normalized spacial score (nSPS) is 10.2. The first-order chi connectivity index (χ1) is 12.7. The minimum Gasteiger partial charge on any atom is -0.348 e. The van der Waals surface area contributed by atoms with E-state index < -0.39 is 5.91 Å². The van der Waals surface area contributed by atoms with E-state index in [1.165, 1.54) is 26.0 Å². The second kappa shape index (κ2) is 8.31. The molecule has 0 saturated carbocycles. The molecule has 27 heavy (non-hydrogen) atoms. The zero-order valence-electron chi connectivity index (χ0n) is 15.6. The molecule has 0 aliphatic rings. The first-order valence-electron chi connectivity index (χ1n) is 8.33. The van der Waals surface area contributed by atoms with Crippen LogP contribution >= 0.6 is 0 Å². The first-order valence-corrected chi connectivity index (χ1v) is 8.33. The van der Waals surface area contributed by atoms with Crippen molar-refractivity contribution < 1.29 is 14.4 Å². The van der Waals surface area contributed by atoms with Crippen LogP contribution in [0.1, 0.15) is 41.0 Å². The van der Waals surface area contributed by atoms with Gasteiger partial charge in [0.1, 0.15) is 0 Å². The Balaban J connectivity index is 2.25. The Morgan fingerprint density at radius 2 is 1.48 bits per heavy atom. The summed E-state index contributed by atoms with van der Waals surface area (Å²) in [5.41, 5.74) is 2.74. The molecule has 2 aromatic rings. The van der Waals surface area contributed by atoms with Gasteiger partial charge in [-0.2, -0.15) is 0 Å². The van der Waals surface area contributed by atoms with E-state index in [1.807, 2.05) is 6.07 Å². The highest BCUT2D eigenvalue weighted by atomic mass is 16.2. The predicted octanol–water partition coefficient (Wildman–Crippen LogP) is 1.84. The van der Waals surface area contributed by atoms with Gasteiger partial charge in [0, 0.05) is 48.6 Å². The number of aromatic nitrogens is 1. The molecule has 0 aliphatic heterocycles. The molecule has 1 aromatic carbocycles. The summed E-state index contributed by atoms with van der Waals surface area (Å²) in [6, 6.07) is 6.37. The van der Waals surface area contributed by atoms with Gasteiger partial charge in [-0.25, -0.2) is 0 Å². The molecule has 0 spiro atoms. The van der Waals surface area contributed by atoms with Gasteiger partial charge in [-0.05, 0) is 43.7 Å². The number of rotatable bonds is 5. The molecule has 142 valence electrons. The topological polar surface area (TPSA) is 120 Å². The minimum absolute atomic E-state index is 0.0557. The van der Waals surface area contributed by atoms with E-state index >= 15 is 0 Å². The van der Waals surface area contributed by atoms with Crippen LogP contribution in [0.25, 0.3) is 0 Å². The summed E-state index contributed by atoms with van der Waals surface area (Å²) in [5, 5.41) is 7.87. The molecule has 0 fully saturated rings. The number of hydrogen-bond acceptors (Lipinski definition) is 4. The van der Waals surface area contributed by atoms with Crippen LogP contribution < -0.4 is 21.5 Å². The second-order valence-corrected chi connectivity index (χ2v) is 6.29. The van der Waals surface area contributed by atoms with Crippen LogP contribution in [0, 0.1) is 13.8 Å². The number of carbonyl (C=O) groups is 3. The third-order valence-electron chi connectivity index (χ3n) is 3.76. The van der Waals surface area contributed by atoms with E-state index in [1.54, 1.807) is 19.9 Å². The van der Waals surface area contributed by atoms with E-state index in [0.29, 0.717) is 16.9 Å². The minimum atomic E-state index is -0.437. The summed E-state index contributed by atoms with van der Waals surface area (Å²) in [5.74, 6) is -1.04. The molecule has 1 heterocycles. The van der Waals surface area contributed by atoms with Gasteiger partial charge in [-0.3, -0.25) is 19.2 Å². The third-order valence-corrected chi connectivity index (χ3v) is 3.76. The largest absolute Gasteiger partial charge is 0.348 e. The second-order valence-electron chi connectivity index (χ2n) is 6.29. The zero-order valence-corrected chi connectivity index (χ0v) is 15.6. The van der Waals surface area contributed by atoms with E-state index in [-0.39, 0.29) is 29.5 Å². The van der Waals surface area contributed by atoms with Crippen molar-refractivity contribution in [1.82, 2.24) is 10.3 Å². The van der Waals surface area contributed by atoms with Gasteiger partial charge in [0.15, 0.2) is 0 Å². The van der Waals surface area contributed by atoms with Crippen LogP contribution in [0.15, 0.2) is 29.1 Å². The highest BCUT2D eigenvalue weighted by molar-refractivity contribution is 5.99. The van der Waals surface area contributed by atoms with Gasteiger partial charge in [0.2, 0.25) is 11.8 Å². The van der Waals surface area contributed by atoms with Gasteiger partial charge < -0.3 is 20.9 Å². The lowest BCUT2D eigenvalue weighted by Gasteiger charge is -2.12. The van der Waals surface area contributed by atoms with Gasteiger partial charge in [-0.15, -0.1) is 0 Å². The van der Waals surface area contributed by atoms with Crippen molar-refractivity contribution in [2.24, 2.45) is 0 Å². The summed E-state index contributed by atoms with van der Waals surface area (Å²) >= 11 is 0. The summed E-state index contributed by atoms with van der Waals surface area (Å²) in [4.78, 5) is 49.9. The Bertz CT molecular complexity index is 928. The summed E-state index contributed by atoms with van der Waals surface area (Å²) in [7, 11) is 0. The molecular weight excluding hydrogens is 348 g/mol. The van der Waals surface area contributed by atoms with Gasteiger partial charge >= 0.3 is 0 Å². The Kier molecular flexibility index (Phi) is 6.12. The number of benzene rings is 1. The Labute approximate surface area is 156 Å². The van der Waals surface area contributed by atoms with Crippen LogP contribution in [-0.2, 0) is 16.1 Å². The highest BCUT2D eigenvalue weighted by Crippen LogP contribution is 2.19. The van der Waals surface area contributed by atoms with E-state index in [9.17, 15) is 19.2 Å². The molecule has 0 saturated heterocycles. The van der Waals surface area contributed by atoms with Crippen molar-refractivity contribution in [3.8, 4) is 0 Å². The predicted molar refractivity (Wildman–Crippen MR) is 103 cm³/mol. The number of H-pyrrole nitrogens is 1. The van der Waals surface area contributed by atoms with Gasteiger partial charge in [0.25, 0.3) is 11.5 Å². The summed E-state index contributed by atoms with van der Waals surface area (Å²) < 4.78 is 0. The fourth-order valence-electron chi connectivity index (χ4n) is 2.68. The zero-order chi connectivity index (χ0) is 20.1. The molecule has 4 N–H and O–H groups in total. The summed E-state index contributed by atoms with van der Waals surface area (Å²) in [6.07, 6.45) is 0. The van der Waals surface area contributed by atoms with Crippen molar-refractivity contribution in [3.63, 3.8) is 0 Å². The van der Waals surface area contributed by atoms with E-state index in [2.05, 4.69) is 20.9 Å². The molecular formula is C19H22N4O4. The quantitative estimate of drug-likeness (QED) is 0.642. The third kappa shape index (κ3) is 5.53. The number of nitrogens with one attached hydrogen (secondary N) is 4. The molecule has 0 bridgehead atoms. The van der Waals surface area contributed by atoms with E-state index in [4.69, 9.17) is 0 Å². The SMILES string of the molecule is CC(=O)Nc1cc(NC(C)=O)cc(C(=O)NCc2c(C)cc(C)[nH]c2=O)c1. The molecule has 0 aliphatic carbocycles. The van der Waals surface area contributed by atoms with Crippen LogP contribution in [0.2, 0.25) is 0 Å². The van der Waals surface area contributed by atoms with Crippen molar-refractivity contribution in [1.29, 1.82) is 0 Å². The van der Waals surface area contributed by atoms with Crippen molar-refractivity contribution in [2.45, 2.75) is 34.2 Å². The maximum atomic E-state index is 12.5. The average molecular weight is 370 g/mol. The lowest BCUT2D eigenvalue weighted by molar-refractivity contribution is -0.115. The number of aromatic amines is 1.